The summed E-state index contributed by atoms with van der Waals surface area (Å²) >= 11 is 0. The molecule has 0 bridgehead atoms. The van der Waals surface area contributed by atoms with Crippen LogP contribution in [-0.4, -0.2) is 30.7 Å². The zero-order valence-corrected chi connectivity index (χ0v) is 13.1. The molecule has 1 atom stereocenters. The second kappa shape index (κ2) is 6.24. The lowest BCUT2D eigenvalue weighted by Gasteiger charge is -2.20. The summed E-state index contributed by atoms with van der Waals surface area (Å²) in [6.07, 6.45) is 4.69. The topological polar surface area (TPSA) is 86.9 Å². The van der Waals surface area contributed by atoms with Crippen molar-refractivity contribution in [2.45, 2.75) is 63.7 Å². The zero-order chi connectivity index (χ0) is 14.8. The number of aromatic nitrogens is 2. The smallest absolute Gasteiger partial charge is 0.258 e. The number of hydrogen-bond acceptors (Lipinski definition) is 4. The molecule has 0 saturated heterocycles. The molecule has 0 spiro atoms. The number of nitrogens with one attached hydrogen (secondary N) is 3. The molecule has 1 aliphatic rings. The first-order chi connectivity index (χ1) is 9.44. The van der Waals surface area contributed by atoms with Crippen LogP contribution in [0.3, 0.4) is 0 Å². The standard InChI is InChI=1S/C13H24N4O2S/c1-4-12(9(2)3)17-20(18,19)13-10(8-15-16-13)7-14-11-5-6-11/h8-9,11-12,14,17H,4-7H2,1-3H3,(H,15,16). The Labute approximate surface area is 120 Å². The van der Waals surface area contributed by atoms with Gasteiger partial charge >= 0.3 is 0 Å². The summed E-state index contributed by atoms with van der Waals surface area (Å²) in [6, 6.07) is 0.472. The van der Waals surface area contributed by atoms with Crippen molar-refractivity contribution < 1.29 is 8.42 Å². The van der Waals surface area contributed by atoms with Gasteiger partial charge in [-0.2, -0.15) is 5.10 Å². The number of aromatic amines is 1. The van der Waals surface area contributed by atoms with Crippen molar-refractivity contribution in [3.8, 4) is 0 Å². The monoisotopic (exact) mass is 300 g/mol. The van der Waals surface area contributed by atoms with Crippen LogP contribution in [0.25, 0.3) is 0 Å². The maximum absolute atomic E-state index is 12.4. The van der Waals surface area contributed by atoms with E-state index in [2.05, 4.69) is 20.2 Å². The lowest BCUT2D eigenvalue weighted by Crippen LogP contribution is -2.38. The van der Waals surface area contributed by atoms with Crippen LogP contribution in [0.15, 0.2) is 11.2 Å². The van der Waals surface area contributed by atoms with Gasteiger partial charge in [-0.15, -0.1) is 0 Å². The van der Waals surface area contributed by atoms with Crippen molar-refractivity contribution in [3.05, 3.63) is 11.8 Å². The van der Waals surface area contributed by atoms with Crippen LogP contribution in [0.5, 0.6) is 0 Å². The number of H-pyrrole nitrogens is 1. The molecule has 1 unspecified atom stereocenters. The van der Waals surface area contributed by atoms with Gasteiger partial charge in [0, 0.05) is 24.2 Å². The molecule has 1 aromatic heterocycles. The normalized spacial score (nSPS) is 17.6. The van der Waals surface area contributed by atoms with Crippen molar-refractivity contribution >= 4 is 10.0 Å². The van der Waals surface area contributed by atoms with E-state index in [1.54, 1.807) is 6.20 Å². The van der Waals surface area contributed by atoms with Gasteiger partial charge in [0.15, 0.2) is 5.03 Å². The van der Waals surface area contributed by atoms with E-state index < -0.39 is 10.0 Å². The third kappa shape index (κ3) is 3.80. The molecule has 1 heterocycles. The van der Waals surface area contributed by atoms with Gasteiger partial charge in [0.25, 0.3) is 10.0 Å². The first kappa shape index (κ1) is 15.5. The van der Waals surface area contributed by atoms with E-state index in [-0.39, 0.29) is 17.0 Å². The van der Waals surface area contributed by atoms with Crippen molar-refractivity contribution in [1.82, 2.24) is 20.2 Å². The summed E-state index contributed by atoms with van der Waals surface area (Å²) in [7, 11) is -3.54. The number of nitrogens with zero attached hydrogens (tertiary/aromatic N) is 1. The minimum absolute atomic E-state index is 0.0625. The molecular formula is C13H24N4O2S. The lowest BCUT2D eigenvalue weighted by atomic mass is 10.0. The molecular weight excluding hydrogens is 276 g/mol. The van der Waals surface area contributed by atoms with E-state index in [1.807, 2.05) is 20.8 Å². The van der Waals surface area contributed by atoms with Crippen molar-refractivity contribution in [2.75, 3.05) is 0 Å². The second-order valence-corrected chi connectivity index (χ2v) is 7.41. The van der Waals surface area contributed by atoms with Gasteiger partial charge in [-0.3, -0.25) is 5.10 Å². The van der Waals surface area contributed by atoms with Gasteiger partial charge in [-0.05, 0) is 25.2 Å². The Bertz CT molecular complexity index is 534. The van der Waals surface area contributed by atoms with Gasteiger partial charge in [0.1, 0.15) is 0 Å². The molecule has 1 fully saturated rings. The summed E-state index contributed by atoms with van der Waals surface area (Å²) in [5.74, 6) is 0.255. The van der Waals surface area contributed by atoms with Crippen LogP contribution < -0.4 is 10.0 Å². The number of sulfonamides is 1. The molecule has 0 aliphatic heterocycles. The fourth-order valence-corrected chi connectivity index (χ4v) is 3.75. The molecule has 0 aromatic carbocycles. The maximum Gasteiger partial charge on any atom is 0.258 e. The summed E-state index contributed by atoms with van der Waals surface area (Å²) in [4.78, 5) is 0. The van der Waals surface area contributed by atoms with Crippen molar-refractivity contribution in [3.63, 3.8) is 0 Å². The molecule has 2 rings (SSSR count). The molecule has 7 heteroatoms. The van der Waals surface area contributed by atoms with E-state index in [9.17, 15) is 8.42 Å². The van der Waals surface area contributed by atoms with Crippen molar-refractivity contribution in [2.24, 2.45) is 5.92 Å². The Balaban J connectivity index is 2.09. The van der Waals surface area contributed by atoms with Gasteiger partial charge < -0.3 is 5.32 Å². The highest BCUT2D eigenvalue weighted by molar-refractivity contribution is 7.89. The van der Waals surface area contributed by atoms with Gasteiger partial charge in [-0.25, -0.2) is 13.1 Å². The Morgan fingerprint density at radius 3 is 2.70 bits per heavy atom. The molecule has 1 aromatic rings. The molecule has 3 N–H and O–H groups in total. The molecule has 0 amide bonds. The first-order valence-corrected chi connectivity index (χ1v) is 8.70. The average molecular weight is 300 g/mol. The third-order valence-electron chi connectivity index (χ3n) is 3.66. The Morgan fingerprint density at radius 1 is 1.45 bits per heavy atom. The second-order valence-electron chi connectivity index (χ2n) is 5.76. The third-order valence-corrected chi connectivity index (χ3v) is 5.16. The highest BCUT2D eigenvalue weighted by Crippen LogP contribution is 2.21. The summed E-state index contributed by atoms with van der Waals surface area (Å²) in [5.41, 5.74) is 0.697. The van der Waals surface area contributed by atoms with E-state index in [1.165, 1.54) is 12.8 Å². The zero-order valence-electron chi connectivity index (χ0n) is 12.3. The summed E-state index contributed by atoms with van der Waals surface area (Å²) in [5, 5.41) is 9.99. The Hall–Kier alpha value is -0.920. The van der Waals surface area contributed by atoms with Crippen LogP contribution >= 0.6 is 0 Å². The quantitative estimate of drug-likeness (QED) is 0.677. The first-order valence-electron chi connectivity index (χ1n) is 7.22. The predicted molar refractivity (Wildman–Crippen MR) is 77.7 cm³/mol. The molecule has 1 aliphatic carbocycles. The number of hydrogen-bond donors (Lipinski definition) is 3. The molecule has 0 radical (unpaired) electrons. The lowest BCUT2D eigenvalue weighted by molar-refractivity contribution is 0.436. The number of rotatable bonds is 8. The Kier molecular flexibility index (Phi) is 4.82. The van der Waals surface area contributed by atoms with E-state index in [0.717, 1.165) is 6.42 Å². The van der Waals surface area contributed by atoms with E-state index in [0.29, 0.717) is 18.2 Å². The van der Waals surface area contributed by atoms with Crippen LogP contribution in [0.4, 0.5) is 0 Å². The van der Waals surface area contributed by atoms with E-state index in [4.69, 9.17) is 0 Å². The fraction of sp³-hybridized carbons (Fsp3) is 0.769. The SMILES string of the molecule is CCC(NS(=O)(=O)c1[nH]ncc1CNC1CC1)C(C)C. The van der Waals surface area contributed by atoms with Gasteiger partial charge in [0.05, 0.1) is 6.20 Å². The highest BCUT2D eigenvalue weighted by atomic mass is 32.2. The average Bonchev–Trinajstić information content (AvgIpc) is 3.09. The minimum Gasteiger partial charge on any atom is -0.310 e. The van der Waals surface area contributed by atoms with Crippen molar-refractivity contribution in [1.29, 1.82) is 0 Å². The highest BCUT2D eigenvalue weighted by Gasteiger charge is 2.26. The molecule has 1 saturated carbocycles. The minimum atomic E-state index is -3.54. The van der Waals surface area contributed by atoms with Gasteiger partial charge in [-0.1, -0.05) is 20.8 Å². The predicted octanol–water partition coefficient (Wildman–Crippen LogP) is 1.37. The largest absolute Gasteiger partial charge is 0.310 e. The van der Waals surface area contributed by atoms with Crippen LogP contribution in [0.1, 0.15) is 45.6 Å². The van der Waals surface area contributed by atoms with Crippen LogP contribution in [0.2, 0.25) is 0 Å². The maximum atomic E-state index is 12.4. The molecule has 20 heavy (non-hydrogen) atoms. The van der Waals surface area contributed by atoms with Gasteiger partial charge in [0.2, 0.25) is 0 Å². The van der Waals surface area contributed by atoms with Crippen LogP contribution in [-0.2, 0) is 16.6 Å². The van der Waals surface area contributed by atoms with Crippen LogP contribution in [0, 0.1) is 5.92 Å². The molecule has 6 nitrogen and oxygen atoms in total. The van der Waals surface area contributed by atoms with E-state index >= 15 is 0 Å². The fourth-order valence-electron chi connectivity index (χ4n) is 2.15. The summed E-state index contributed by atoms with van der Waals surface area (Å²) in [6.45, 7) is 6.55. The summed E-state index contributed by atoms with van der Waals surface area (Å²) < 4.78 is 27.6. The molecule has 114 valence electrons. The Morgan fingerprint density at radius 2 is 2.15 bits per heavy atom.